The van der Waals surface area contributed by atoms with Crippen LogP contribution in [-0.4, -0.2) is 32.2 Å². The molecule has 0 amide bonds. The second-order valence-corrected chi connectivity index (χ2v) is 7.95. The Kier molecular flexibility index (Phi) is 6.25. The SMILES string of the molecule is CC(C)NCc1ccc(CSCCS(C)(=O)=O)o1. The van der Waals surface area contributed by atoms with Gasteiger partial charge in [-0.25, -0.2) is 8.42 Å². The fraction of sp³-hybridized carbons (Fsp3) is 0.667. The van der Waals surface area contributed by atoms with E-state index in [9.17, 15) is 8.42 Å². The van der Waals surface area contributed by atoms with Gasteiger partial charge in [0.2, 0.25) is 0 Å². The summed E-state index contributed by atoms with van der Waals surface area (Å²) in [7, 11) is -2.85. The highest BCUT2D eigenvalue weighted by Gasteiger charge is 2.05. The quantitative estimate of drug-likeness (QED) is 0.743. The lowest BCUT2D eigenvalue weighted by molar-refractivity contribution is 0.445. The molecule has 0 aromatic carbocycles. The molecule has 0 unspecified atom stereocenters. The first-order valence-electron chi connectivity index (χ1n) is 5.93. The van der Waals surface area contributed by atoms with Crippen molar-refractivity contribution in [2.75, 3.05) is 17.8 Å². The summed E-state index contributed by atoms with van der Waals surface area (Å²) in [6.07, 6.45) is 1.26. The number of thioether (sulfide) groups is 1. The van der Waals surface area contributed by atoms with Gasteiger partial charge in [-0.05, 0) is 12.1 Å². The van der Waals surface area contributed by atoms with Crippen LogP contribution >= 0.6 is 11.8 Å². The minimum Gasteiger partial charge on any atom is -0.464 e. The Hall–Kier alpha value is -0.460. The standard InChI is InChI=1S/C12H21NO3S2/c1-10(2)13-8-11-4-5-12(16-11)9-17-6-7-18(3,14)15/h4-5,10,13H,6-9H2,1-3H3. The number of furan rings is 1. The van der Waals surface area contributed by atoms with Gasteiger partial charge in [0.1, 0.15) is 21.4 Å². The van der Waals surface area contributed by atoms with Gasteiger partial charge in [-0.3, -0.25) is 0 Å². The van der Waals surface area contributed by atoms with Gasteiger partial charge < -0.3 is 9.73 Å². The van der Waals surface area contributed by atoms with Crippen LogP contribution in [0.15, 0.2) is 16.5 Å². The zero-order chi connectivity index (χ0) is 13.6. The van der Waals surface area contributed by atoms with Crippen LogP contribution in [-0.2, 0) is 22.1 Å². The summed E-state index contributed by atoms with van der Waals surface area (Å²) >= 11 is 1.58. The third-order valence-corrected chi connectivity index (χ3v) is 4.43. The molecule has 1 aromatic rings. The highest BCUT2D eigenvalue weighted by molar-refractivity contribution is 7.99. The van der Waals surface area contributed by atoms with Gasteiger partial charge in [0.25, 0.3) is 0 Å². The number of sulfone groups is 1. The minimum absolute atomic E-state index is 0.222. The van der Waals surface area contributed by atoms with Crippen LogP contribution in [0.3, 0.4) is 0 Å². The third kappa shape index (κ3) is 7.08. The zero-order valence-corrected chi connectivity index (χ0v) is 12.7. The van der Waals surface area contributed by atoms with Crippen molar-refractivity contribution >= 4 is 21.6 Å². The van der Waals surface area contributed by atoms with Gasteiger partial charge in [0, 0.05) is 18.1 Å². The molecule has 0 aliphatic heterocycles. The Balaban J connectivity index is 2.27. The average molecular weight is 291 g/mol. The van der Waals surface area contributed by atoms with Crippen LogP contribution in [0, 0.1) is 0 Å². The largest absolute Gasteiger partial charge is 0.464 e. The van der Waals surface area contributed by atoms with Crippen LogP contribution in [0.4, 0.5) is 0 Å². The lowest BCUT2D eigenvalue weighted by Crippen LogP contribution is -2.21. The number of nitrogens with one attached hydrogen (secondary N) is 1. The van der Waals surface area contributed by atoms with Gasteiger partial charge in [-0.2, -0.15) is 11.8 Å². The molecule has 0 atom stereocenters. The lowest BCUT2D eigenvalue weighted by atomic mass is 10.3. The third-order valence-electron chi connectivity index (χ3n) is 2.24. The Morgan fingerprint density at radius 3 is 2.61 bits per heavy atom. The molecule has 1 aromatic heterocycles. The van der Waals surface area contributed by atoms with Crippen molar-refractivity contribution in [1.82, 2.24) is 5.32 Å². The van der Waals surface area contributed by atoms with E-state index in [4.69, 9.17) is 4.42 Å². The Morgan fingerprint density at radius 2 is 2.00 bits per heavy atom. The van der Waals surface area contributed by atoms with Crippen LogP contribution < -0.4 is 5.32 Å². The summed E-state index contributed by atoms with van der Waals surface area (Å²) in [5.74, 6) is 3.37. The normalized spacial score (nSPS) is 12.2. The molecule has 1 rings (SSSR count). The first-order valence-corrected chi connectivity index (χ1v) is 9.15. The maximum Gasteiger partial charge on any atom is 0.148 e. The number of rotatable bonds is 8. The molecule has 0 spiro atoms. The highest BCUT2D eigenvalue weighted by Crippen LogP contribution is 2.15. The molecule has 1 heterocycles. The van der Waals surface area contributed by atoms with E-state index in [2.05, 4.69) is 19.2 Å². The van der Waals surface area contributed by atoms with Gasteiger partial charge in [-0.15, -0.1) is 0 Å². The van der Waals surface area contributed by atoms with Crippen molar-refractivity contribution in [3.63, 3.8) is 0 Å². The van der Waals surface area contributed by atoms with Crippen LogP contribution in [0.1, 0.15) is 25.4 Å². The summed E-state index contributed by atoms with van der Waals surface area (Å²) in [6.45, 7) is 4.90. The second kappa shape index (κ2) is 7.21. The molecule has 0 fully saturated rings. The summed E-state index contributed by atoms with van der Waals surface area (Å²) < 4.78 is 27.5. The molecule has 4 nitrogen and oxygen atoms in total. The minimum atomic E-state index is -2.85. The Bertz CT molecular complexity index is 452. The molecule has 0 aliphatic carbocycles. The van der Waals surface area contributed by atoms with Gasteiger partial charge in [0.05, 0.1) is 18.1 Å². The Morgan fingerprint density at radius 1 is 1.33 bits per heavy atom. The molecule has 0 radical (unpaired) electrons. The number of hydrogen-bond donors (Lipinski definition) is 1. The summed E-state index contributed by atoms with van der Waals surface area (Å²) in [6, 6.07) is 4.34. The van der Waals surface area contributed by atoms with E-state index in [1.165, 1.54) is 6.26 Å². The van der Waals surface area contributed by atoms with E-state index >= 15 is 0 Å². The molecule has 18 heavy (non-hydrogen) atoms. The fourth-order valence-corrected chi connectivity index (χ4v) is 3.47. The smallest absolute Gasteiger partial charge is 0.148 e. The second-order valence-electron chi connectivity index (χ2n) is 4.59. The van der Waals surface area contributed by atoms with E-state index in [0.29, 0.717) is 11.8 Å². The van der Waals surface area contributed by atoms with Gasteiger partial charge in [0.15, 0.2) is 0 Å². The molecular weight excluding hydrogens is 270 g/mol. The van der Waals surface area contributed by atoms with Crippen molar-refractivity contribution in [3.05, 3.63) is 23.7 Å². The molecule has 0 saturated carbocycles. The van der Waals surface area contributed by atoms with Crippen molar-refractivity contribution in [2.45, 2.75) is 32.2 Å². The van der Waals surface area contributed by atoms with Crippen molar-refractivity contribution in [1.29, 1.82) is 0 Å². The highest BCUT2D eigenvalue weighted by atomic mass is 32.2. The van der Waals surface area contributed by atoms with Gasteiger partial charge >= 0.3 is 0 Å². The molecule has 0 bridgehead atoms. The Labute approximate surface area is 113 Å². The average Bonchev–Trinajstić information content (AvgIpc) is 2.68. The summed E-state index contributed by atoms with van der Waals surface area (Å²) in [5.41, 5.74) is 0. The monoisotopic (exact) mass is 291 g/mol. The van der Waals surface area contributed by atoms with Crippen LogP contribution in [0.25, 0.3) is 0 Å². The predicted molar refractivity (Wildman–Crippen MR) is 76.6 cm³/mol. The molecular formula is C12H21NO3S2. The van der Waals surface area contributed by atoms with E-state index in [1.54, 1.807) is 11.8 Å². The molecule has 0 saturated heterocycles. The van der Waals surface area contributed by atoms with E-state index in [0.717, 1.165) is 23.8 Å². The fourth-order valence-electron chi connectivity index (χ4n) is 1.28. The van der Waals surface area contributed by atoms with Crippen molar-refractivity contribution < 1.29 is 12.8 Å². The summed E-state index contributed by atoms with van der Waals surface area (Å²) in [4.78, 5) is 0. The molecule has 6 heteroatoms. The van der Waals surface area contributed by atoms with Crippen LogP contribution in [0.2, 0.25) is 0 Å². The molecule has 104 valence electrons. The van der Waals surface area contributed by atoms with E-state index in [1.807, 2.05) is 12.1 Å². The van der Waals surface area contributed by atoms with E-state index < -0.39 is 9.84 Å². The maximum atomic E-state index is 11.0. The summed E-state index contributed by atoms with van der Waals surface area (Å²) in [5, 5.41) is 3.28. The van der Waals surface area contributed by atoms with Crippen molar-refractivity contribution in [3.8, 4) is 0 Å². The topological polar surface area (TPSA) is 59.3 Å². The van der Waals surface area contributed by atoms with Crippen molar-refractivity contribution in [2.24, 2.45) is 0 Å². The van der Waals surface area contributed by atoms with E-state index in [-0.39, 0.29) is 5.75 Å². The van der Waals surface area contributed by atoms with Crippen LogP contribution in [0.5, 0.6) is 0 Å². The molecule has 1 N–H and O–H groups in total. The first-order chi connectivity index (χ1) is 8.37. The van der Waals surface area contributed by atoms with Gasteiger partial charge in [-0.1, -0.05) is 13.8 Å². The maximum absolute atomic E-state index is 11.0. The number of hydrogen-bond acceptors (Lipinski definition) is 5. The lowest BCUT2D eigenvalue weighted by Gasteiger charge is -2.05. The predicted octanol–water partition coefficient (Wildman–Crippen LogP) is 2.06. The zero-order valence-electron chi connectivity index (χ0n) is 11.1. The first kappa shape index (κ1) is 15.6. The molecule has 0 aliphatic rings.